The second-order valence-electron chi connectivity index (χ2n) is 8.66. The van der Waals surface area contributed by atoms with Crippen molar-refractivity contribution >= 4 is 11.5 Å². The van der Waals surface area contributed by atoms with Crippen LogP contribution >= 0.6 is 0 Å². The first kappa shape index (κ1) is 14.0. The summed E-state index contributed by atoms with van der Waals surface area (Å²) in [7, 11) is 0. The summed E-state index contributed by atoms with van der Waals surface area (Å²) in [6.07, 6.45) is 8.92. The molecule has 5 rings (SSSR count). The Morgan fingerprint density at radius 2 is 1.91 bits per heavy atom. The molecule has 4 aliphatic rings. The van der Waals surface area contributed by atoms with Gasteiger partial charge in [0.05, 0.1) is 4.92 Å². The number of anilines is 1. The van der Waals surface area contributed by atoms with Crippen LogP contribution in [0.4, 0.5) is 11.5 Å². The van der Waals surface area contributed by atoms with Crippen LogP contribution < -0.4 is 5.32 Å². The number of hydrogen-bond acceptors (Lipinski definition) is 4. The zero-order valence-electron chi connectivity index (χ0n) is 13.3. The van der Waals surface area contributed by atoms with Gasteiger partial charge in [-0.1, -0.05) is 13.8 Å². The molecular weight excluding hydrogens is 278 g/mol. The molecule has 0 unspecified atom stereocenters. The van der Waals surface area contributed by atoms with Crippen LogP contribution in [0.3, 0.4) is 0 Å². The smallest absolute Gasteiger partial charge is 0.311 e. The lowest BCUT2D eigenvalue weighted by atomic mass is 9.43. The molecule has 0 spiro atoms. The van der Waals surface area contributed by atoms with E-state index in [0.717, 1.165) is 25.2 Å². The van der Waals surface area contributed by atoms with E-state index in [-0.39, 0.29) is 16.1 Å². The van der Waals surface area contributed by atoms with E-state index < -0.39 is 0 Å². The summed E-state index contributed by atoms with van der Waals surface area (Å²) in [6, 6.07) is 3.17. The number of nitrogens with one attached hydrogen (secondary N) is 1. The summed E-state index contributed by atoms with van der Waals surface area (Å²) >= 11 is 0. The molecule has 0 radical (unpaired) electrons. The van der Waals surface area contributed by atoms with Crippen molar-refractivity contribution in [3.8, 4) is 0 Å². The van der Waals surface area contributed by atoms with Crippen molar-refractivity contribution in [3.63, 3.8) is 0 Å². The second-order valence-corrected chi connectivity index (χ2v) is 8.66. The van der Waals surface area contributed by atoms with Gasteiger partial charge in [-0.15, -0.1) is 0 Å². The van der Waals surface area contributed by atoms with Crippen molar-refractivity contribution in [2.24, 2.45) is 16.7 Å². The topological polar surface area (TPSA) is 68.1 Å². The molecule has 0 amide bonds. The summed E-state index contributed by atoms with van der Waals surface area (Å²) in [5.74, 6) is 1.20. The Balaban J connectivity index is 1.70. The normalized spacial score (nSPS) is 42.4. The standard InChI is InChI=1S/C17H23N3O2/c1-15-6-12-7-16(2,9-15)11-17(8-12,10-15)19-14-13(20(21)22)4-3-5-18-14/h3-5,12H,6-11H2,1-2H3,(H,18,19)/t12?,15-,16-,17?/m0/s1. The molecule has 1 N–H and O–H groups in total. The minimum atomic E-state index is -0.334. The predicted molar refractivity (Wildman–Crippen MR) is 84.7 cm³/mol. The molecule has 5 nitrogen and oxygen atoms in total. The fourth-order valence-electron chi connectivity index (χ4n) is 6.48. The highest BCUT2D eigenvalue weighted by atomic mass is 16.6. The molecule has 118 valence electrons. The third-order valence-electron chi connectivity index (χ3n) is 5.99. The van der Waals surface area contributed by atoms with E-state index >= 15 is 0 Å². The molecule has 1 aromatic heterocycles. The van der Waals surface area contributed by atoms with Gasteiger partial charge >= 0.3 is 5.69 Å². The van der Waals surface area contributed by atoms with Gasteiger partial charge in [0.15, 0.2) is 0 Å². The molecule has 0 saturated heterocycles. The highest BCUT2D eigenvalue weighted by molar-refractivity contribution is 5.57. The fraction of sp³-hybridized carbons (Fsp3) is 0.706. The van der Waals surface area contributed by atoms with Crippen LogP contribution in [0.5, 0.6) is 0 Å². The first-order chi connectivity index (χ1) is 10.3. The van der Waals surface area contributed by atoms with Gasteiger partial charge in [0.25, 0.3) is 0 Å². The van der Waals surface area contributed by atoms with Gasteiger partial charge in [0.2, 0.25) is 5.82 Å². The van der Waals surface area contributed by atoms with Gasteiger partial charge in [-0.05, 0) is 61.3 Å². The zero-order valence-corrected chi connectivity index (χ0v) is 13.3. The Morgan fingerprint density at radius 1 is 1.23 bits per heavy atom. The predicted octanol–water partition coefficient (Wildman–Crippen LogP) is 4.15. The van der Waals surface area contributed by atoms with Crippen LogP contribution in [0, 0.1) is 26.9 Å². The minimum Gasteiger partial charge on any atom is -0.359 e. The molecule has 4 bridgehead atoms. The number of nitrogens with zero attached hydrogens (tertiary/aromatic N) is 2. The van der Waals surface area contributed by atoms with E-state index in [2.05, 4.69) is 24.1 Å². The largest absolute Gasteiger partial charge is 0.359 e. The number of nitro groups is 1. The Hall–Kier alpha value is -1.65. The molecule has 1 aromatic rings. The number of aromatic nitrogens is 1. The molecule has 0 aromatic carbocycles. The highest BCUT2D eigenvalue weighted by Crippen LogP contribution is 2.66. The fourth-order valence-corrected chi connectivity index (χ4v) is 6.48. The van der Waals surface area contributed by atoms with E-state index in [1.165, 1.54) is 19.3 Å². The number of rotatable bonds is 3. The average Bonchev–Trinajstić information content (AvgIpc) is 2.33. The average molecular weight is 301 g/mol. The third-order valence-corrected chi connectivity index (χ3v) is 5.99. The first-order valence-corrected chi connectivity index (χ1v) is 8.18. The summed E-state index contributed by atoms with van der Waals surface area (Å²) < 4.78 is 0. The van der Waals surface area contributed by atoms with Crippen LogP contribution in [0.2, 0.25) is 0 Å². The quantitative estimate of drug-likeness (QED) is 0.672. The van der Waals surface area contributed by atoms with Crippen LogP contribution in [0.15, 0.2) is 18.3 Å². The van der Waals surface area contributed by atoms with Gasteiger partial charge in [-0.3, -0.25) is 10.1 Å². The number of hydrogen-bond donors (Lipinski definition) is 1. The van der Waals surface area contributed by atoms with E-state index in [1.54, 1.807) is 18.3 Å². The molecule has 1 heterocycles. The summed E-state index contributed by atoms with van der Waals surface area (Å²) in [6.45, 7) is 4.80. The maximum Gasteiger partial charge on any atom is 0.311 e. The molecular formula is C17H23N3O2. The molecule has 4 saturated carbocycles. The molecule has 0 aliphatic heterocycles. The van der Waals surface area contributed by atoms with Gasteiger partial charge in [-0.25, -0.2) is 4.98 Å². The Kier molecular flexibility index (Phi) is 2.67. The third kappa shape index (κ3) is 2.09. The zero-order chi connectivity index (χ0) is 15.6. The molecule has 2 atom stereocenters. The highest BCUT2D eigenvalue weighted by Gasteiger charge is 2.60. The summed E-state index contributed by atoms with van der Waals surface area (Å²) in [5, 5.41) is 14.8. The maximum absolute atomic E-state index is 11.3. The Morgan fingerprint density at radius 3 is 2.50 bits per heavy atom. The van der Waals surface area contributed by atoms with Crippen molar-refractivity contribution in [1.29, 1.82) is 0 Å². The van der Waals surface area contributed by atoms with Crippen LogP contribution in [0.1, 0.15) is 52.4 Å². The van der Waals surface area contributed by atoms with Crippen molar-refractivity contribution in [2.45, 2.75) is 57.9 Å². The van der Waals surface area contributed by atoms with Gasteiger partial charge in [0, 0.05) is 17.8 Å². The lowest BCUT2D eigenvalue weighted by Gasteiger charge is -2.65. The monoisotopic (exact) mass is 301 g/mol. The lowest BCUT2D eigenvalue weighted by molar-refractivity contribution is -0.384. The van der Waals surface area contributed by atoms with Gasteiger partial charge in [-0.2, -0.15) is 0 Å². The van der Waals surface area contributed by atoms with Gasteiger partial charge in [0.1, 0.15) is 0 Å². The number of pyridine rings is 1. The second kappa shape index (κ2) is 4.21. The van der Waals surface area contributed by atoms with Crippen LogP contribution in [0.25, 0.3) is 0 Å². The minimum absolute atomic E-state index is 0.0119. The van der Waals surface area contributed by atoms with Crippen LogP contribution in [-0.2, 0) is 0 Å². The lowest BCUT2D eigenvalue weighted by Crippen LogP contribution is -2.61. The van der Waals surface area contributed by atoms with Crippen LogP contribution in [-0.4, -0.2) is 15.4 Å². The summed E-state index contributed by atoms with van der Waals surface area (Å²) in [4.78, 5) is 15.2. The Labute approximate surface area is 130 Å². The molecule has 5 heteroatoms. The maximum atomic E-state index is 11.3. The molecule has 4 aliphatic carbocycles. The van der Waals surface area contributed by atoms with E-state index in [9.17, 15) is 10.1 Å². The Bertz CT molecular complexity index is 627. The van der Waals surface area contributed by atoms with Crippen molar-refractivity contribution < 1.29 is 4.92 Å². The first-order valence-electron chi connectivity index (χ1n) is 8.18. The SMILES string of the molecule is C[C@@]12CC3CC(Nc4ncccc4[N+](=O)[O-])(C1)C[C@@](C)(C3)C2. The molecule has 4 fully saturated rings. The molecule has 22 heavy (non-hydrogen) atoms. The van der Waals surface area contributed by atoms with Crippen molar-refractivity contribution in [2.75, 3.05) is 5.32 Å². The van der Waals surface area contributed by atoms with E-state index in [4.69, 9.17) is 0 Å². The van der Waals surface area contributed by atoms with E-state index in [1.807, 2.05) is 0 Å². The summed E-state index contributed by atoms with van der Waals surface area (Å²) in [5.41, 5.74) is 0.839. The van der Waals surface area contributed by atoms with E-state index in [0.29, 0.717) is 16.6 Å². The van der Waals surface area contributed by atoms with Crippen molar-refractivity contribution in [1.82, 2.24) is 4.98 Å². The van der Waals surface area contributed by atoms with Gasteiger partial charge < -0.3 is 5.32 Å². The van der Waals surface area contributed by atoms with Crippen molar-refractivity contribution in [3.05, 3.63) is 28.4 Å².